The van der Waals surface area contributed by atoms with E-state index in [1.54, 1.807) is 38.6 Å². The van der Waals surface area contributed by atoms with E-state index in [0.29, 0.717) is 19.4 Å². The number of aliphatic hydroxyl groups is 1. The summed E-state index contributed by atoms with van der Waals surface area (Å²) in [6.07, 6.45) is 5.51. The summed E-state index contributed by atoms with van der Waals surface area (Å²) in [6.45, 7) is 18.3. The summed E-state index contributed by atoms with van der Waals surface area (Å²) in [6, 6.07) is 14.1. The predicted octanol–water partition coefficient (Wildman–Crippen LogP) is 5.93. The predicted molar refractivity (Wildman–Crippen MR) is 183 cm³/mol. The molecule has 3 saturated heterocycles. The molecule has 0 aromatic heterocycles. The van der Waals surface area contributed by atoms with E-state index in [1.807, 2.05) is 76.2 Å². The number of para-hydroxylation sites is 2. The van der Waals surface area contributed by atoms with Crippen molar-refractivity contribution in [1.29, 1.82) is 0 Å². The molecule has 240 valence electrons. The Balaban J connectivity index is 1.67. The molecule has 3 amide bonds. The van der Waals surface area contributed by atoms with Crippen LogP contribution in [0.3, 0.4) is 0 Å². The summed E-state index contributed by atoms with van der Waals surface area (Å²) in [4.78, 5) is 50.0. The Morgan fingerprint density at radius 3 is 2.22 bits per heavy atom. The summed E-state index contributed by atoms with van der Waals surface area (Å²) < 4.78 is -1.33. The zero-order valence-electron chi connectivity index (χ0n) is 27.2. The Morgan fingerprint density at radius 1 is 1.02 bits per heavy atom. The minimum atomic E-state index is -0.839. The Labute approximate surface area is 272 Å². The van der Waals surface area contributed by atoms with Gasteiger partial charge in [-0.2, -0.15) is 0 Å². The maximum Gasteiger partial charge on any atom is 0.251 e. The molecule has 3 aliphatic heterocycles. The maximum atomic E-state index is 15.2. The van der Waals surface area contributed by atoms with Gasteiger partial charge in [0.15, 0.2) is 0 Å². The van der Waals surface area contributed by atoms with Gasteiger partial charge in [0.1, 0.15) is 6.04 Å². The minimum Gasteiger partial charge on any atom is -0.394 e. The summed E-state index contributed by atoms with van der Waals surface area (Å²) in [7, 11) is 0. The topological polar surface area (TPSA) is 81.2 Å². The number of likely N-dealkylation sites (tertiary alicyclic amines) is 1. The molecule has 1 N–H and O–H groups in total. The molecule has 7 atom stereocenters. The average Bonchev–Trinajstić information content (AvgIpc) is 3.60. The van der Waals surface area contributed by atoms with Crippen LogP contribution in [0.1, 0.15) is 51.2 Å². The molecule has 5 rings (SSSR count). The normalized spacial score (nSPS) is 28.0. The number of amides is 3. The highest BCUT2D eigenvalue weighted by Gasteiger charge is 2.78. The Bertz CT molecular complexity index is 1460. The van der Waals surface area contributed by atoms with Crippen molar-refractivity contribution in [3.8, 4) is 0 Å². The quantitative estimate of drug-likeness (QED) is 0.295. The van der Waals surface area contributed by atoms with Crippen molar-refractivity contribution in [2.75, 3.05) is 29.5 Å². The van der Waals surface area contributed by atoms with E-state index in [1.165, 1.54) is 0 Å². The molecule has 3 aliphatic rings. The lowest BCUT2D eigenvalue weighted by Crippen LogP contribution is -2.59. The number of carbonyl (C=O) groups excluding carboxylic acids is 3. The van der Waals surface area contributed by atoms with Crippen LogP contribution in [0.5, 0.6) is 0 Å². The molecule has 3 heterocycles. The van der Waals surface area contributed by atoms with Crippen molar-refractivity contribution >= 4 is 40.9 Å². The van der Waals surface area contributed by atoms with Crippen LogP contribution in [0.15, 0.2) is 73.8 Å². The molecule has 1 spiro atoms. The van der Waals surface area contributed by atoms with Crippen LogP contribution in [0.4, 0.5) is 11.4 Å². The Morgan fingerprint density at radius 2 is 1.64 bits per heavy atom. The fraction of sp³-hybridized carbons (Fsp3) is 0.486. The molecule has 7 nitrogen and oxygen atoms in total. The second-order valence-corrected chi connectivity index (χ2v) is 15.1. The highest BCUT2D eigenvalue weighted by atomic mass is 32.2. The van der Waals surface area contributed by atoms with Gasteiger partial charge in [-0.25, -0.2) is 0 Å². The number of nitrogens with zero attached hydrogens (tertiary/aromatic N) is 3. The lowest BCUT2D eigenvalue weighted by atomic mass is 9.66. The van der Waals surface area contributed by atoms with Crippen LogP contribution in [-0.4, -0.2) is 69.0 Å². The van der Waals surface area contributed by atoms with Crippen LogP contribution < -0.4 is 9.80 Å². The third-order valence-electron chi connectivity index (χ3n) is 10.5. The molecular weight excluding hydrogens is 582 g/mol. The van der Waals surface area contributed by atoms with E-state index >= 15 is 4.79 Å². The zero-order chi connectivity index (χ0) is 32.7. The number of aryl methyl sites for hydroxylation is 2. The monoisotopic (exact) mass is 629 g/mol. The van der Waals surface area contributed by atoms with E-state index in [-0.39, 0.29) is 36.8 Å². The molecule has 0 radical (unpaired) electrons. The highest BCUT2D eigenvalue weighted by Crippen LogP contribution is 2.72. The highest BCUT2D eigenvalue weighted by molar-refractivity contribution is 8.02. The van der Waals surface area contributed by atoms with Gasteiger partial charge < -0.3 is 19.8 Å². The van der Waals surface area contributed by atoms with E-state index in [2.05, 4.69) is 20.1 Å². The number of rotatable bonds is 12. The van der Waals surface area contributed by atoms with Gasteiger partial charge in [0.05, 0.1) is 29.2 Å². The maximum absolute atomic E-state index is 15.2. The van der Waals surface area contributed by atoms with E-state index in [9.17, 15) is 14.7 Å². The first-order chi connectivity index (χ1) is 21.5. The molecular formula is C37H47N3O4S. The standard InChI is InChI=1S/C37H47N3O4S/c1-8-21-38(27-17-12-11-13-18-27)33(42)29-30-34(43)40(28(23-41)24(4)10-3)32(37(30)20-19-36(29,7)45-37)35(44)39(22-9-2)31-25(5)15-14-16-26(31)6/h8-9,11-18,24,28-30,32,41H,1-2,10,19-23H2,3-7H3/t24-,28-,29+,30-,32?,36-,37?/m0/s1. The SMILES string of the molecule is C=CCN(C(=O)[C@H]1[C@H]2C(=O)N([C@@H](CO)[C@@H](C)CC)C(C(=O)N(CC=C)c3c(C)cccc3C)C23CC[C@]1(C)S3)c1ccccc1. The van der Waals surface area contributed by atoms with E-state index in [0.717, 1.165) is 28.9 Å². The second kappa shape index (κ2) is 12.8. The van der Waals surface area contributed by atoms with E-state index < -0.39 is 33.4 Å². The van der Waals surface area contributed by atoms with Gasteiger partial charge in [0.25, 0.3) is 5.91 Å². The van der Waals surface area contributed by atoms with Crippen LogP contribution >= 0.6 is 11.8 Å². The van der Waals surface area contributed by atoms with Crippen molar-refractivity contribution in [2.45, 2.75) is 75.5 Å². The summed E-state index contributed by atoms with van der Waals surface area (Å²) in [5.41, 5.74) is 3.49. The molecule has 45 heavy (non-hydrogen) atoms. The zero-order valence-corrected chi connectivity index (χ0v) is 28.1. The largest absolute Gasteiger partial charge is 0.394 e. The molecule has 3 fully saturated rings. The first kappa shape index (κ1) is 33.0. The number of hydrogen-bond acceptors (Lipinski definition) is 5. The van der Waals surface area contributed by atoms with Gasteiger partial charge in [0, 0.05) is 29.2 Å². The van der Waals surface area contributed by atoms with Crippen molar-refractivity contribution in [3.05, 3.63) is 85.0 Å². The Kier molecular flexibility index (Phi) is 9.39. The van der Waals surface area contributed by atoms with Gasteiger partial charge in [-0.15, -0.1) is 24.9 Å². The molecule has 0 saturated carbocycles. The van der Waals surface area contributed by atoms with Crippen LogP contribution in [0.2, 0.25) is 0 Å². The summed E-state index contributed by atoms with van der Waals surface area (Å²) in [5, 5.41) is 10.8. The number of thioether (sulfide) groups is 1. The molecule has 2 aromatic carbocycles. The molecule has 2 unspecified atom stereocenters. The van der Waals surface area contributed by atoms with Crippen molar-refractivity contribution < 1.29 is 19.5 Å². The number of hydrogen-bond donors (Lipinski definition) is 1. The van der Waals surface area contributed by atoms with Crippen LogP contribution in [0, 0.1) is 31.6 Å². The first-order valence-corrected chi connectivity index (χ1v) is 16.9. The van der Waals surface area contributed by atoms with Crippen LogP contribution in [-0.2, 0) is 14.4 Å². The van der Waals surface area contributed by atoms with Crippen molar-refractivity contribution in [1.82, 2.24) is 4.90 Å². The van der Waals surface area contributed by atoms with Gasteiger partial charge >= 0.3 is 0 Å². The van der Waals surface area contributed by atoms with E-state index in [4.69, 9.17) is 0 Å². The third kappa shape index (κ3) is 5.24. The van der Waals surface area contributed by atoms with Crippen LogP contribution in [0.25, 0.3) is 0 Å². The number of fused-ring (bicyclic) bond motifs is 1. The summed E-state index contributed by atoms with van der Waals surface area (Å²) >= 11 is 1.66. The van der Waals surface area contributed by atoms with Crippen molar-refractivity contribution in [2.24, 2.45) is 17.8 Å². The third-order valence-corrected chi connectivity index (χ3v) is 12.5. The van der Waals surface area contributed by atoms with Gasteiger partial charge in [-0.3, -0.25) is 14.4 Å². The number of anilines is 2. The minimum absolute atomic E-state index is 0.0500. The van der Waals surface area contributed by atoms with Gasteiger partial charge in [-0.05, 0) is 62.8 Å². The fourth-order valence-electron chi connectivity index (χ4n) is 8.22. The van der Waals surface area contributed by atoms with Crippen molar-refractivity contribution in [3.63, 3.8) is 0 Å². The average molecular weight is 630 g/mol. The molecule has 0 aliphatic carbocycles. The molecule has 8 heteroatoms. The first-order valence-electron chi connectivity index (χ1n) is 16.1. The number of benzene rings is 2. The van der Waals surface area contributed by atoms with Gasteiger partial charge in [-0.1, -0.05) is 68.8 Å². The molecule has 2 bridgehead atoms. The Hall–Kier alpha value is -3.36. The smallest absolute Gasteiger partial charge is 0.251 e. The summed E-state index contributed by atoms with van der Waals surface area (Å²) in [5.74, 6) is -1.87. The fourth-order valence-corrected chi connectivity index (χ4v) is 10.5. The number of carbonyl (C=O) groups is 3. The van der Waals surface area contributed by atoms with Gasteiger partial charge in [0.2, 0.25) is 11.8 Å². The second-order valence-electron chi connectivity index (χ2n) is 13.2. The number of aliphatic hydroxyl groups excluding tert-OH is 1. The lowest BCUT2D eigenvalue weighted by Gasteiger charge is -2.41. The molecule has 2 aromatic rings. The lowest BCUT2D eigenvalue weighted by molar-refractivity contribution is -0.143.